The second-order valence-corrected chi connectivity index (χ2v) is 4.13. The van der Waals surface area contributed by atoms with Crippen LogP contribution in [0.25, 0.3) is 0 Å². The number of carbonyl (C=O) groups is 1. The molecule has 88 valence electrons. The van der Waals surface area contributed by atoms with Gasteiger partial charge in [0.2, 0.25) is 5.91 Å². The average Bonchev–Trinajstić information content (AvgIpc) is 2.27. The minimum atomic E-state index is 0.0983. The van der Waals surface area contributed by atoms with Gasteiger partial charge in [-0.3, -0.25) is 4.79 Å². The molecule has 15 heavy (non-hydrogen) atoms. The summed E-state index contributed by atoms with van der Waals surface area (Å²) in [7, 11) is 1.70. The van der Waals surface area contributed by atoms with Crippen LogP contribution in [0.4, 0.5) is 0 Å². The van der Waals surface area contributed by atoms with E-state index in [2.05, 4.69) is 0 Å². The Balaban J connectivity index is 2.31. The predicted molar refractivity (Wildman–Crippen MR) is 57.5 cm³/mol. The quantitative estimate of drug-likeness (QED) is 0.732. The van der Waals surface area contributed by atoms with Gasteiger partial charge < -0.3 is 14.7 Å². The van der Waals surface area contributed by atoms with Crippen molar-refractivity contribution < 1.29 is 14.6 Å². The lowest BCUT2D eigenvalue weighted by atomic mass is 9.98. The third-order valence-corrected chi connectivity index (χ3v) is 2.82. The lowest BCUT2D eigenvalue weighted by Gasteiger charge is -2.32. The number of methoxy groups -OCH3 is 1. The van der Waals surface area contributed by atoms with Crippen LogP contribution in [-0.4, -0.2) is 49.3 Å². The number of likely N-dealkylation sites (tertiary alicyclic amines) is 1. The fourth-order valence-electron chi connectivity index (χ4n) is 2.05. The van der Waals surface area contributed by atoms with Gasteiger partial charge in [-0.05, 0) is 25.2 Å². The highest BCUT2D eigenvalue weighted by molar-refractivity contribution is 5.76. The maximum atomic E-state index is 11.7. The van der Waals surface area contributed by atoms with Crippen LogP contribution in [0.3, 0.4) is 0 Å². The fourth-order valence-corrected chi connectivity index (χ4v) is 2.05. The van der Waals surface area contributed by atoms with Crippen molar-refractivity contribution in [1.82, 2.24) is 4.90 Å². The number of ether oxygens (including phenoxy) is 1. The van der Waals surface area contributed by atoms with Crippen molar-refractivity contribution in [3.05, 3.63) is 0 Å². The molecule has 1 saturated heterocycles. The van der Waals surface area contributed by atoms with Crippen molar-refractivity contribution in [3.8, 4) is 0 Å². The number of rotatable bonds is 5. The molecular formula is C11H21NO3. The van der Waals surface area contributed by atoms with Crippen molar-refractivity contribution in [2.75, 3.05) is 33.4 Å². The number of amides is 1. The zero-order valence-corrected chi connectivity index (χ0v) is 9.45. The molecule has 1 aliphatic rings. The summed E-state index contributed by atoms with van der Waals surface area (Å²) in [6.45, 7) is 2.52. The van der Waals surface area contributed by atoms with Gasteiger partial charge in [0.25, 0.3) is 0 Å². The van der Waals surface area contributed by atoms with Gasteiger partial charge in [-0.15, -0.1) is 0 Å². The largest absolute Gasteiger partial charge is 0.396 e. The molecule has 1 unspecified atom stereocenters. The van der Waals surface area contributed by atoms with E-state index in [9.17, 15) is 4.79 Å². The Morgan fingerprint density at radius 1 is 1.60 bits per heavy atom. The topological polar surface area (TPSA) is 49.8 Å². The molecule has 1 fully saturated rings. The van der Waals surface area contributed by atoms with E-state index >= 15 is 0 Å². The van der Waals surface area contributed by atoms with E-state index < -0.39 is 0 Å². The number of piperidine rings is 1. The maximum absolute atomic E-state index is 11.7. The minimum absolute atomic E-state index is 0.0983. The van der Waals surface area contributed by atoms with Gasteiger partial charge >= 0.3 is 0 Å². The Morgan fingerprint density at radius 3 is 3.07 bits per heavy atom. The summed E-state index contributed by atoms with van der Waals surface area (Å²) in [6.07, 6.45) is 3.26. The molecule has 0 aromatic carbocycles. The highest BCUT2D eigenvalue weighted by atomic mass is 16.5. The molecule has 4 nitrogen and oxygen atoms in total. The van der Waals surface area contributed by atoms with E-state index in [0.29, 0.717) is 18.8 Å². The van der Waals surface area contributed by atoms with Crippen LogP contribution in [0.15, 0.2) is 0 Å². The summed E-state index contributed by atoms with van der Waals surface area (Å²) in [4.78, 5) is 13.6. The molecule has 1 atom stereocenters. The van der Waals surface area contributed by atoms with E-state index in [1.807, 2.05) is 4.90 Å². The van der Waals surface area contributed by atoms with Gasteiger partial charge in [0.1, 0.15) is 0 Å². The normalized spacial score (nSPS) is 21.7. The molecule has 1 aliphatic heterocycles. The van der Waals surface area contributed by atoms with E-state index in [0.717, 1.165) is 32.5 Å². The van der Waals surface area contributed by atoms with Gasteiger partial charge in [-0.25, -0.2) is 0 Å². The van der Waals surface area contributed by atoms with E-state index in [1.54, 1.807) is 7.11 Å². The molecule has 0 saturated carbocycles. The summed E-state index contributed by atoms with van der Waals surface area (Å²) < 4.78 is 5.11. The lowest BCUT2D eigenvalue weighted by molar-refractivity contribution is -0.133. The molecule has 1 heterocycles. The zero-order valence-electron chi connectivity index (χ0n) is 9.45. The third-order valence-electron chi connectivity index (χ3n) is 2.82. The summed E-state index contributed by atoms with van der Waals surface area (Å²) in [5.74, 6) is 0.659. The Labute approximate surface area is 91.2 Å². The number of aliphatic hydroxyl groups excluding tert-OH is 1. The summed E-state index contributed by atoms with van der Waals surface area (Å²) in [5.41, 5.74) is 0. The van der Waals surface area contributed by atoms with Gasteiger partial charge in [-0.1, -0.05) is 0 Å². The first-order chi connectivity index (χ1) is 7.27. The second kappa shape index (κ2) is 6.80. The van der Waals surface area contributed by atoms with Gasteiger partial charge in [0.05, 0.1) is 6.61 Å². The maximum Gasteiger partial charge on any atom is 0.222 e. The summed E-state index contributed by atoms with van der Waals surface area (Å²) in [6, 6.07) is 0. The van der Waals surface area contributed by atoms with Gasteiger partial charge in [-0.2, -0.15) is 0 Å². The molecule has 0 aromatic rings. The van der Waals surface area contributed by atoms with Gasteiger partial charge in [0.15, 0.2) is 0 Å². The minimum Gasteiger partial charge on any atom is -0.396 e. The number of nitrogens with zero attached hydrogens (tertiary/aromatic N) is 1. The fraction of sp³-hybridized carbons (Fsp3) is 0.909. The molecule has 1 amide bonds. The molecule has 0 aliphatic carbocycles. The van der Waals surface area contributed by atoms with Crippen LogP contribution >= 0.6 is 0 Å². The molecule has 1 N–H and O–H groups in total. The Kier molecular flexibility index (Phi) is 5.65. The van der Waals surface area contributed by atoms with Crippen LogP contribution in [0.2, 0.25) is 0 Å². The van der Waals surface area contributed by atoms with Crippen LogP contribution in [-0.2, 0) is 9.53 Å². The number of hydrogen-bond donors (Lipinski definition) is 1. The van der Waals surface area contributed by atoms with Crippen LogP contribution < -0.4 is 0 Å². The standard InChI is InChI=1S/C11H21NO3/c1-15-9-10-4-2-6-12(8-10)11(14)5-3-7-13/h10,13H,2-9H2,1H3. The molecule has 0 spiro atoms. The molecule has 4 heteroatoms. The van der Waals surface area contributed by atoms with E-state index in [4.69, 9.17) is 9.84 Å². The van der Waals surface area contributed by atoms with Crippen molar-refractivity contribution in [1.29, 1.82) is 0 Å². The number of aliphatic hydroxyl groups is 1. The van der Waals surface area contributed by atoms with Gasteiger partial charge in [0, 0.05) is 33.2 Å². The molecule has 0 aromatic heterocycles. The molecular weight excluding hydrogens is 194 g/mol. The Hall–Kier alpha value is -0.610. The smallest absolute Gasteiger partial charge is 0.222 e. The number of carbonyl (C=O) groups excluding carboxylic acids is 1. The van der Waals surface area contributed by atoms with Crippen molar-refractivity contribution >= 4 is 5.91 Å². The monoisotopic (exact) mass is 215 g/mol. The first-order valence-electron chi connectivity index (χ1n) is 5.65. The van der Waals surface area contributed by atoms with E-state index in [1.165, 1.54) is 0 Å². The highest BCUT2D eigenvalue weighted by Crippen LogP contribution is 2.17. The Morgan fingerprint density at radius 2 is 2.40 bits per heavy atom. The zero-order chi connectivity index (χ0) is 11.1. The first-order valence-corrected chi connectivity index (χ1v) is 5.65. The molecule has 1 rings (SSSR count). The van der Waals surface area contributed by atoms with Crippen LogP contribution in [0.1, 0.15) is 25.7 Å². The summed E-state index contributed by atoms with van der Waals surface area (Å²) in [5, 5.41) is 8.66. The molecule has 0 radical (unpaired) electrons. The first kappa shape index (κ1) is 12.5. The van der Waals surface area contributed by atoms with Crippen molar-refractivity contribution in [3.63, 3.8) is 0 Å². The number of hydrogen-bond acceptors (Lipinski definition) is 3. The third kappa shape index (κ3) is 4.18. The Bertz CT molecular complexity index is 194. The van der Waals surface area contributed by atoms with Crippen LogP contribution in [0, 0.1) is 5.92 Å². The van der Waals surface area contributed by atoms with Crippen molar-refractivity contribution in [2.45, 2.75) is 25.7 Å². The summed E-state index contributed by atoms with van der Waals surface area (Å²) >= 11 is 0. The van der Waals surface area contributed by atoms with E-state index in [-0.39, 0.29) is 12.5 Å². The highest BCUT2D eigenvalue weighted by Gasteiger charge is 2.22. The predicted octanol–water partition coefficient (Wildman–Crippen LogP) is 0.644. The van der Waals surface area contributed by atoms with Crippen LogP contribution in [0.5, 0.6) is 0 Å². The SMILES string of the molecule is COCC1CCCN(C(=O)CCCO)C1. The lowest BCUT2D eigenvalue weighted by Crippen LogP contribution is -2.41. The second-order valence-electron chi connectivity index (χ2n) is 4.13. The van der Waals surface area contributed by atoms with Crippen molar-refractivity contribution in [2.24, 2.45) is 5.92 Å². The molecule has 0 bridgehead atoms. The average molecular weight is 215 g/mol.